The second-order valence-corrected chi connectivity index (χ2v) is 16.5. The van der Waals surface area contributed by atoms with Crippen molar-refractivity contribution >= 4 is 27.5 Å². The Morgan fingerprint density at radius 1 is 0.700 bits per heavy atom. The molecule has 0 amide bonds. The highest BCUT2D eigenvalue weighted by Crippen LogP contribution is 2.20. The minimum absolute atomic E-state index is 0.573. The molecule has 106 valence electrons. The lowest BCUT2D eigenvalue weighted by Crippen LogP contribution is -2.17. The van der Waals surface area contributed by atoms with Gasteiger partial charge in [-0.25, -0.2) is 0 Å². The average molecular weight is 301 g/mol. The molecule has 1 rings (SSSR count). The first kappa shape index (κ1) is 16.4. The Bertz CT molecular complexity index is 570. The molecule has 0 aromatic heterocycles. The number of hydrogen-bond acceptors (Lipinski definition) is 2. The molecule has 20 heavy (non-hydrogen) atoms. The second kappa shape index (κ2) is 5.79. The maximum atomic E-state index is 5.89. The quantitative estimate of drug-likeness (QED) is 0.439. The van der Waals surface area contributed by atoms with Crippen molar-refractivity contribution in [2.45, 2.75) is 39.3 Å². The Morgan fingerprint density at radius 2 is 1.00 bits per heavy atom. The number of rotatable bonds is 0. The van der Waals surface area contributed by atoms with E-state index in [0.717, 1.165) is 11.1 Å². The van der Waals surface area contributed by atoms with Crippen LogP contribution in [0, 0.1) is 22.9 Å². The highest BCUT2D eigenvalue weighted by atomic mass is 28.3. The summed E-state index contributed by atoms with van der Waals surface area (Å²) in [6.45, 7) is 13.3. The number of benzene rings is 1. The van der Waals surface area contributed by atoms with E-state index in [9.17, 15) is 0 Å². The van der Waals surface area contributed by atoms with Gasteiger partial charge in [0.25, 0.3) is 0 Å². The van der Waals surface area contributed by atoms with Crippen molar-refractivity contribution in [3.8, 4) is 22.9 Å². The lowest BCUT2D eigenvalue weighted by Gasteiger charge is -2.07. The molecule has 0 aliphatic heterocycles. The van der Waals surface area contributed by atoms with Gasteiger partial charge in [-0.1, -0.05) is 51.1 Å². The molecule has 0 radical (unpaired) electrons. The van der Waals surface area contributed by atoms with Crippen LogP contribution in [0.5, 0.6) is 0 Å². The van der Waals surface area contributed by atoms with Gasteiger partial charge in [0.1, 0.15) is 16.1 Å². The van der Waals surface area contributed by atoms with Gasteiger partial charge in [0.2, 0.25) is 0 Å². The second-order valence-electron chi connectivity index (χ2n) is 7.03. The van der Waals surface area contributed by atoms with E-state index in [1.54, 1.807) is 0 Å². The first-order chi connectivity index (χ1) is 8.98. The average Bonchev–Trinajstić information content (AvgIpc) is 2.26. The molecule has 0 bridgehead atoms. The number of nitrogen functional groups attached to an aromatic ring is 2. The summed E-state index contributed by atoms with van der Waals surface area (Å²) in [5.41, 5.74) is 21.4. The number of anilines is 2. The summed E-state index contributed by atoms with van der Waals surface area (Å²) in [6, 6.07) is 3.69. The third-order valence-electron chi connectivity index (χ3n) is 2.37. The SMILES string of the molecule is C[Si](C)(C)C#Cc1cc(N)c(N)cc1C#C[Si](C)(C)C. The lowest BCUT2D eigenvalue weighted by atomic mass is 10.1. The summed E-state index contributed by atoms with van der Waals surface area (Å²) in [4.78, 5) is 0. The van der Waals surface area contributed by atoms with E-state index < -0.39 is 16.1 Å². The van der Waals surface area contributed by atoms with Crippen LogP contribution >= 0.6 is 0 Å². The molecule has 0 aliphatic rings. The lowest BCUT2D eigenvalue weighted by molar-refractivity contribution is 1.57. The molecular weight excluding hydrogens is 276 g/mol. The first-order valence-corrected chi connectivity index (χ1v) is 13.7. The van der Waals surface area contributed by atoms with E-state index in [4.69, 9.17) is 11.5 Å². The summed E-state index contributed by atoms with van der Waals surface area (Å²) < 4.78 is 0. The predicted octanol–water partition coefficient (Wildman–Crippen LogP) is 3.31. The molecule has 4 heteroatoms. The van der Waals surface area contributed by atoms with Gasteiger partial charge in [0.15, 0.2) is 0 Å². The van der Waals surface area contributed by atoms with Gasteiger partial charge in [0.05, 0.1) is 11.4 Å². The van der Waals surface area contributed by atoms with Gasteiger partial charge >= 0.3 is 0 Å². The molecule has 4 N–H and O–H groups in total. The van der Waals surface area contributed by atoms with Crippen LogP contribution in [0.2, 0.25) is 39.3 Å². The van der Waals surface area contributed by atoms with Crippen molar-refractivity contribution in [1.29, 1.82) is 0 Å². The highest BCUT2D eigenvalue weighted by Gasteiger charge is 2.10. The van der Waals surface area contributed by atoms with Crippen molar-refractivity contribution in [2.24, 2.45) is 0 Å². The van der Waals surface area contributed by atoms with Gasteiger partial charge in [-0.15, -0.1) is 11.1 Å². The fourth-order valence-corrected chi connectivity index (χ4v) is 2.37. The minimum atomic E-state index is -1.43. The molecule has 1 aromatic carbocycles. The van der Waals surface area contributed by atoms with Gasteiger partial charge in [-0.3, -0.25) is 0 Å². The number of nitrogens with two attached hydrogens (primary N) is 2. The van der Waals surface area contributed by atoms with Crippen LogP contribution in [-0.4, -0.2) is 16.1 Å². The largest absolute Gasteiger partial charge is 0.397 e. The van der Waals surface area contributed by atoms with E-state index in [1.807, 2.05) is 12.1 Å². The summed E-state index contributed by atoms with van der Waals surface area (Å²) >= 11 is 0. The van der Waals surface area contributed by atoms with Gasteiger partial charge in [-0.05, 0) is 12.1 Å². The fourth-order valence-electron chi connectivity index (χ4n) is 1.35. The van der Waals surface area contributed by atoms with Crippen LogP contribution in [-0.2, 0) is 0 Å². The molecule has 0 atom stereocenters. The highest BCUT2D eigenvalue weighted by molar-refractivity contribution is 6.84. The summed E-state index contributed by atoms with van der Waals surface area (Å²) in [5.74, 6) is 6.49. The van der Waals surface area contributed by atoms with Crippen LogP contribution in [0.4, 0.5) is 11.4 Å². The van der Waals surface area contributed by atoms with Crippen LogP contribution in [0.3, 0.4) is 0 Å². The summed E-state index contributed by atoms with van der Waals surface area (Å²) in [6.07, 6.45) is 0. The summed E-state index contributed by atoms with van der Waals surface area (Å²) in [7, 11) is -2.85. The zero-order chi connectivity index (χ0) is 15.6. The van der Waals surface area contributed by atoms with Crippen molar-refractivity contribution in [3.63, 3.8) is 0 Å². The van der Waals surface area contributed by atoms with Gasteiger partial charge in [0, 0.05) is 11.1 Å². The topological polar surface area (TPSA) is 52.0 Å². The van der Waals surface area contributed by atoms with Crippen LogP contribution in [0.15, 0.2) is 12.1 Å². The monoisotopic (exact) mass is 300 g/mol. The molecule has 1 aromatic rings. The molecule has 0 heterocycles. The van der Waals surface area contributed by atoms with Crippen LogP contribution in [0.1, 0.15) is 11.1 Å². The van der Waals surface area contributed by atoms with E-state index in [2.05, 4.69) is 62.2 Å². The molecule has 0 unspecified atom stereocenters. The molecule has 0 saturated carbocycles. The molecule has 0 fully saturated rings. The van der Waals surface area contributed by atoms with E-state index in [1.165, 1.54) is 0 Å². The third-order valence-corrected chi connectivity index (χ3v) is 4.12. The maximum Gasteiger partial charge on any atom is 0.129 e. The normalized spacial score (nSPS) is 11.1. The Morgan fingerprint density at radius 3 is 1.25 bits per heavy atom. The minimum Gasteiger partial charge on any atom is -0.397 e. The smallest absolute Gasteiger partial charge is 0.129 e. The number of hydrogen-bond donors (Lipinski definition) is 2. The zero-order valence-corrected chi connectivity index (χ0v) is 15.3. The molecule has 0 saturated heterocycles. The van der Waals surface area contributed by atoms with Crippen molar-refractivity contribution in [3.05, 3.63) is 23.3 Å². The third kappa shape index (κ3) is 5.56. The Balaban J connectivity index is 3.37. The molecular formula is C16H24N2Si2. The van der Waals surface area contributed by atoms with Crippen LogP contribution in [0.25, 0.3) is 0 Å². The van der Waals surface area contributed by atoms with E-state index >= 15 is 0 Å². The van der Waals surface area contributed by atoms with E-state index in [0.29, 0.717) is 11.4 Å². The fraction of sp³-hybridized carbons (Fsp3) is 0.375. The maximum absolute atomic E-state index is 5.89. The molecule has 0 spiro atoms. The van der Waals surface area contributed by atoms with Crippen molar-refractivity contribution in [1.82, 2.24) is 0 Å². The van der Waals surface area contributed by atoms with Crippen molar-refractivity contribution < 1.29 is 0 Å². The summed E-state index contributed by atoms with van der Waals surface area (Å²) in [5, 5.41) is 0. The predicted molar refractivity (Wildman–Crippen MR) is 95.7 cm³/mol. The van der Waals surface area contributed by atoms with E-state index in [-0.39, 0.29) is 0 Å². The molecule has 0 aliphatic carbocycles. The van der Waals surface area contributed by atoms with Crippen LogP contribution < -0.4 is 11.5 Å². The first-order valence-electron chi connectivity index (χ1n) is 6.73. The standard InChI is InChI=1S/C16H24N2Si2/c1-19(2,3)9-7-13-11-15(17)16(18)12-14(13)8-10-20(4,5)6/h11-12H,17-18H2,1-6H3. The Labute approximate surface area is 125 Å². The van der Waals surface area contributed by atoms with Crippen molar-refractivity contribution in [2.75, 3.05) is 11.5 Å². The Kier molecular flexibility index (Phi) is 4.75. The zero-order valence-electron chi connectivity index (χ0n) is 13.3. The Hall–Kier alpha value is -1.63. The van der Waals surface area contributed by atoms with Gasteiger partial charge < -0.3 is 11.5 Å². The van der Waals surface area contributed by atoms with Gasteiger partial charge in [-0.2, -0.15) is 0 Å². The molecule has 2 nitrogen and oxygen atoms in total.